The van der Waals surface area contributed by atoms with Crippen molar-refractivity contribution >= 4 is 17.7 Å². The number of nitrogens with zero attached hydrogens (tertiary/aromatic N) is 1. The molecule has 96 valence electrons. The molecule has 17 heavy (non-hydrogen) atoms. The predicted molar refractivity (Wildman–Crippen MR) is 66.3 cm³/mol. The summed E-state index contributed by atoms with van der Waals surface area (Å²) in [6.07, 6.45) is 2.08. The van der Waals surface area contributed by atoms with Crippen LogP contribution in [-0.4, -0.2) is 33.9 Å². The number of nitrogens with one attached hydrogen (secondary N) is 1. The van der Waals surface area contributed by atoms with Crippen LogP contribution in [0.3, 0.4) is 0 Å². The largest absolute Gasteiger partial charge is 0.480 e. The topological polar surface area (TPSA) is 75.4 Å². The standard InChI is InChI=1S/C11H18N2O3S/c1-7-6-16-10(13-7)17-8(2)5-11(3,12-4)9(14)15/h6,8,12H,5H2,1-4H3,(H,14,15). The zero-order chi connectivity index (χ0) is 13.1. The Morgan fingerprint density at radius 3 is 2.82 bits per heavy atom. The molecule has 0 aliphatic carbocycles. The van der Waals surface area contributed by atoms with Crippen LogP contribution in [0.25, 0.3) is 0 Å². The Bertz CT molecular complexity index is 394. The first-order valence-electron chi connectivity index (χ1n) is 5.38. The number of aryl methyl sites for hydroxylation is 1. The van der Waals surface area contributed by atoms with E-state index < -0.39 is 11.5 Å². The Morgan fingerprint density at radius 2 is 2.41 bits per heavy atom. The molecule has 1 heterocycles. The highest BCUT2D eigenvalue weighted by molar-refractivity contribution is 7.99. The van der Waals surface area contributed by atoms with Crippen molar-refractivity contribution in [3.05, 3.63) is 12.0 Å². The van der Waals surface area contributed by atoms with E-state index in [4.69, 9.17) is 9.52 Å². The van der Waals surface area contributed by atoms with E-state index in [0.717, 1.165) is 5.69 Å². The molecule has 5 nitrogen and oxygen atoms in total. The third kappa shape index (κ3) is 3.74. The Hall–Kier alpha value is -1.01. The molecule has 0 fully saturated rings. The number of carbonyl (C=O) groups is 1. The Kier molecular flexibility index (Phi) is 4.59. The minimum atomic E-state index is -0.923. The van der Waals surface area contributed by atoms with Gasteiger partial charge in [-0.1, -0.05) is 18.7 Å². The lowest BCUT2D eigenvalue weighted by molar-refractivity contribution is -0.144. The van der Waals surface area contributed by atoms with Gasteiger partial charge < -0.3 is 14.8 Å². The average molecular weight is 258 g/mol. The second-order valence-electron chi connectivity index (χ2n) is 4.27. The quantitative estimate of drug-likeness (QED) is 0.759. The van der Waals surface area contributed by atoms with Crippen molar-refractivity contribution in [2.24, 2.45) is 0 Å². The maximum atomic E-state index is 11.1. The van der Waals surface area contributed by atoms with Crippen molar-refractivity contribution in [1.82, 2.24) is 10.3 Å². The van der Waals surface area contributed by atoms with Crippen LogP contribution < -0.4 is 5.32 Å². The number of carboxylic acids is 1. The molecule has 2 atom stereocenters. The molecule has 0 bridgehead atoms. The van der Waals surface area contributed by atoms with Crippen molar-refractivity contribution in [3.8, 4) is 0 Å². The van der Waals surface area contributed by atoms with Gasteiger partial charge in [0.05, 0.1) is 5.69 Å². The highest BCUT2D eigenvalue weighted by Crippen LogP contribution is 2.28. The first-order chi connectivity index (χ1) is 7.87. The van der Waals surface area contributed by atoms with Crippen molar-refractivity contribution < 1.29 is 14.3 Å². The van der Waals surface area contributed by atoms with Gasteiger partial charge in [-0.2, -0.15) is 0 Å². The molecule has 2 N–H and O–H groups in total. The number of carboxylic acid groups (broad SMARTS) is 1. The van der Waals surface area contributed by atoms with Gasteiger partial charge in [-0.3, -0.25) is 4.79 Å². The van der Waals surface area contributed by atoms with Crippen LogP contribution in [0.4, 0.5) is 0 Å². The van der Waals surface area contributed by atoms with Gasteiger partial charge >= 0.3 is 5.97 Å². The highest BCUT2D eigenvalue weighted by Gasteiger charge is 2.33. The molecule has 2 unspecified atom stereocenters. The highest BCUT2D eigenvalue weighted by atomic mass is 32.2. The summed E-state index contributed by atoms with van der Waals surface area (Å²) in [5.74, 6) is -0.851. The normalized spacial score (nSPS) is 16.5. The molecule has 1 aromatic rings. The number of hydrogen-bond donors (Lipinski definition) is 2. The lowest BCUT2D eigenvalue weighted by Crippen LogP contribution is -2.49. The molecule has 0 saturated carbocycles. The third-order valence-corrected chi connectivity index (χ3v) is 3.58. The van der Waals surface area contributed by atoms with Crippen molar-refractivity contribution in [1.29, 1.82) is 0 Å². The van der Waals surface area contributed by atoms with E-state index in [2.05, 4.69) is 10.3 Å². The molecule has 0 amide bonds. The van der Waals surface area contributed by atoms with Gasteiger partial charge in [0.25, 0.3) is 5.22 Å². The van der Waals surface area contributed by atoms with E-state index in [1.165, 1.54) is 11.8 Å². The van der Waals surface area contributed by atoms with Crippen molar-refractivity contribution in [3.63, 3.8) is 0 Å². The number of rotatable bonds is 6. The third-order valence-electron chi connectivity index (χ3n) is 2.62. The van der Waals surface area contributed by atoms with E-state index in [0.29, 0.717) is 11.6 Å². The molecular weight excluding hydrogens is 240 g/mol. The molecule has 0 spiro atoms. The van der Waals surface area contributed by atoms with Gasteiger partial charge in [-0.25, -0.2) is 4.98 Å². The van der Waals surface area contributed by atoms with Gasteiger partial charge in [0.2, 0.25) is 0 Å². The molecule has 6 heteroatoms. The van der Waals surface area contributed by atoms with Crippen molar-refractivity contribution in [2.75, 3.05) is 7.05 Å². The van der Waals surface area contributed by atoms with Crippen LogP contribution in [0.15, 0.2) is 15.9 Å². The summed E-state index contributed by atoms with van der Waals surface area (Å²) < 4.78 is 5.23. The van der Waals surface area contributed by atoms with Crippen molar-refractivity contribution in [2.45, 2.75) is 43.2 Å². The fraction of sp³-hybridized carbons (Fsp3) is 0.636. The summed E-state index contributed by atoms with van der Waals surface area (Å²) in [6, 6.07) is 0. The van der Waals surface area contributed by atoms with Crippen LogP contribution in [0.5, 0.6) is 0 Å². The van der Waals surface area contributed by atoms with Gasteiger partial charge in [0.1, 0.15) is 11.8 Å². The van der Waals surface area contributed by atoms with Crippen LogP contribution in [0, 0.1) is 6.92 Å². The number of aliphatic carboxylic acids is 1. The van der Waals surface area contributed by atoms with E-state index in [1.54, 1.807) is 20.2 Å². The summed E-state index contributed by atoms with van der Waals surface area (Å²) in [6.45, 7) is 5.49. The summed E-state index contributed by atoms with van der Waals surface area (Å²) in [5, 5.41) is 12.7. The molecule has 1 aromatic heterocycles. The first-order valence-corrected chi connectivity index (χ1v) is 6.26. The van der Waals surface area contributed by atoms with Crippen LogP contribution in [0.2, 0.25) is 0 Å². The number of thioether (sulfide) groups is 1. The number of hydrogen-bond acceptors (Lipinski definition) is 5. The second kappa shape index (κ2) is 5.55. The smallest absolute Gasteiger partial charge is 0.323 e. The Labute approximate surface area is 105 Å². The molecule has 1 rings (SSSR count). The minimum absolute atomic E-state index is 0.0987. The fourth-order valence-corrected chi connectivity index (χ4v) is 2.53. The molecular formula is C11H18N2O3S. The van der Waals surface area contributed by atoms with Gasteiger partial charge in [-0.05, 0) is 27.3 Å². The molecule has 0 radical (unpaired) electrons. The summed E-state index contributed by atoms with van der Waals surface area (Å²) >= 11 is 1.44. The molecule has 0 aliphatic rings. The molecule has 0 aliphatic heterocycles. The average Bonchev–Trinajstić information content (AvgIpc) is 2.63. The fourth-order valence-electron chi connectivity index (χ4n) is 1.47. The Morgan fingerprint density at radius 1 is 1.76 bits per heavy atom. The summed E-state index contributed by atoms with van der Waals surface area (Å²) in [5.41, 5.74) is -0.0945. The van der Waals surface area contributed by atoms with Gasteiger partial charge in [0.15, 0.2) is 0 Å². The van der Waals surface area contributed by atoms with E-state index in [-0.39, 0.29) is 5.25 Å². The van der Waals surface area contributed by atoms with E-state index >= 15 is 0 Å². The van der Waals surface area contributed by atoms with Crippen LogP contribution in [0.1, 0.15) is 26.0 Å². The number of likely N-dealkylation sites (N-methyl/N-ethyl adjacent to an activating group) is 1. The zero-order valence-electron chi connectivity index (χ0n) is 10.5. The second-order valence-corrected chi connectivity index (χ2v) is 5.66. The lowest BCUT2D eigenvalue weighted by Gasteiger charge is -2.26. The van der Waals surface area contributed by atoms with Gasteiger partial charge in [0, 0.05) is 5.25 Å². The molecule has 0 aromatic carbocycles. The summed E-state index contributed by atoms with van der Waals surface area (Å²) in [4.78, 5) is 15.3. The van der Waals surface area contributed by atoms with E-state index in [1.807, 2.05) is 13.8 Å². The first kappa shape index (κ1) is 14.1. The number of oxazole rings is 1. The zero-order valence-corrected chi connectivity index (χ0v) is 11.3. The predicted octanol–water partition coefficient (Wildman–Crippen LogP) is 1.92. The van der Waals surface area contributed by atoms with E-state index in [9.17, 15) is 4.79 Å². The molecule has 0 saturated heterocycles. The maximum absolute atomic E-state index is 11.1. The maximum Gasteiger partial charge on any atom is 0.323 e. The lowest BCUT2D eigenvalue weighted by atomic mass is 9.97. The van der Waals surface area contributed by atoms with Gasteiger partial charge in [-0.15, -0.1) is 0 Å². The Balaban J connectivity index is 2.59. The number of aromatic nitrogens is 1. The minimum Gasteiger partial charge on any atom is -0.480 e. The summed E-state index contributed by atoms with van der Waals surface area (Å²) in [7, 11) is 1.65. The monoisotopic (exact) mass is 258 g/mol. The van der Waals surface area contributed by atoms with Crippen LogP contribution in [-0.2, 0) is 4.79 Å². The van der Waals surface area contributed by atoms with Crippen LogP contribution >= 0.6 is 11.8 Å². The SMILES string of the molecule is CNC(C)(CC(C)Sc1nc(C)co1)C(=O)O.